The second-order valence-corrected chi connectivity index (χ2v) is 4.82. The number of hydrogen-bond acceptors (Lipinski definition) is 2. The maximum absolute atomic E-state index is 12.0. The maximum Gasteiger partial charge on any atom is 0.222 e. The minimum absolute atomic E-state index is 0.0625. The minimum Gasteiger partial charge on any atom is -0.342 e. The molecule has 3 nitrogen and oxygen atoms in total. The molecule has 0 N–H and O–H groups in total. The summed E-state index contributed by atoms with van der Waals surface area (Å²) >= 11 is 0. The fourth-order valence-electron chi connectivity index (χ4n) is 2.37. The fraction of sp³-hybridized carbons (Fsp3) is 0.846. The SMILES string of the molecule is CCN(CC(C)C#N)C(=O)CC1CCCC1. The highest BCUT2D eigenvalue weighted by atomic mass is 16.2. The van der Waals surface area contributed by atoms with Crippen molar-refractivity contribution in [2.75, 3.05) is 13.1 Å². The van der Waals surface area contributed by atoms with E-state index >= 15 is 0 Å². The Morgan fingerprint density at radius 3 is 2.62 bits per heavy atom. The summed E-state index contributed by atoms with van der Waals surface area (Å²) in [4.78, 5) is 13.8. The van der Waals surface area contributed by atoms with Gasteiger partial charge in [-0.15, -0.1) is 0 Å². The molecule has 0 heterocycles. The smallest absolute Gasteiger partial charge is 0.222 e. The third kappa shape index (κ3) is 3.84. The van der Waals surface area contributed by atoms with Crippen LogP contribution in [0.1, 0.15) is 46.0 Å². The van der Waals surface area contributed by atoms with Crippen LogP contribution in [0.25, 0.3) is 0 Å². The zero-order valence-electron chi connectivity index (χ0n) is 10.4. The van der Waals surface area contributed by atoms with Crippen molar-refractivity contribution in [3.63, 3.8) is 0 Å². The molecule has 1 aliphatic rings. The summed E-state index contributed by atoms with van der Waals surface area (Å²) in [7, 11) is 0. The van der Waals surface area contributed by atoms with Gasteiger partial charge in [-0.05, 0) is 32.6 Å². The van der Waals surface area contributed by atoms with E-state index in [2.05, 4.69) is 6.07 Å². The first-order chi connectivity index (χ1) is 7.67. The zero-order valence-corrected chi connectivity index (χ0v) is 10.4. The predicted molar refractivity (Wildman–Crippen MR) is 63.6 cm³/mol. The number of carbonyl (C=O) groups excluding carboxylic acids is 1. The monoisotopic (exact) mass is 222 g/mol. The van der Waals surface area contributed by atoms with Crippen LogP contribution in [-0.2, 0) is 4.79 Å². The highest BCUT2D eigenvalue weighted by molar-refractivity contribution is 5.76. The third-order valence-corrected chi connectivity index (χ3v) is 3.39. The van der Waals surface area contributed by atoms with Crippen molar-refractivity contribution < 1.29 is 4.79 Å². The normalized spacial score (nSPS) is 18.1. The largest absolute Gasteiger partial charge is 0.342 e. The molecule has 0 spiro atoms. The molecule has 0 aliphatic heterocycles. The van der Waals surface area contributed by atoms with Gasteiger partial charge in [-0.3, -0.25) is 4.79 Å². The summed E-state index contributed by atoms with van der Waals surface area (Å²) in [6.07, 6.45) is 5.65. The van der Waals surface area contributed by atoms with Crippen LogP contribution < -0.4 is 0 Å². The lowest BCUT2D eigenvalue weighted by Gasteiger charge is -2.23. The molecule has 0 aromatic heterocycles. The lowest BCUT2D eigenvalue weighted by atomic mass is 10.0. The van der Waals surface area contributed by atoms with Crippen LogP contribution in [0.15, 0.2) is 0 Å². The second kappa shape index (κ2) is 6.52. The molecule has 1 unspecified atom stereocenters. The highest BCUT2D eigenvalue weighted by Gasteiger charge is 2.22. The minimum atomic E-state index is -0.0625. The van der Waals surface area contributed by atoms with E-state index in [0.717, 1.165) is 6.54 Å². The number of carbonyl (C=O) groups is 1. The van der Waals surface area contributed by atoms with Crippen LogP contribution >= 0.6 is 0 Å². The van der Waals surface area contributed by atoms with E-state index < -0.39 is 0 Å². The van der Waals surface area contributed by atoms with Crippen LogP contribution in [-0.4, -0.2) is 23.9 Å². The van der Waals surface area contributed by atoms with E-state index in [0.29, 0.717) is 18.9 Å². The molecular formula is C13H22N2O. The summed E-state index contributed by atoms with van der Waals surface area (Å²) in [6.45, 7) is 5.15. The Kier molecular flexibility index (Phi) is 5.31. The van der Waals surface area contributed by atoms with Crippen molar-refractivity contribution in [2.45, 2.75) is 46.0 Å². The number of hydrogen-bond donors (Lipinski definition) is 0. The van der Waals surface area contributed by atoms with Gasteiger partial charge in [-0.1, -0.05) is 12.8 Å². The maximum atomic E-state index is 12.0. The van der Waals surface area contributed by atoms with Crippen LogP contribution in [0, 0.1) is 23.2 Å². The number of nitrogens with zero attached hydrogens (tertiary/aromatic N) is 2. The molecule has 0 radical (unpaired) electrons. The van der Waals surface area contributed by atoms with E-state index in [1.165, 1.54) is 25.7 Å². The number of rotatable bonds is 5. The van der Waals surface area contributed by atoms with Crippen LogP contribution in [0.2, 0.25) is 0 Å². The van der Waals surface area contributed by atoms with Crippen molar-refractivity contribution in [3.8, 4) is 6.07 Å². The lowest BCUT2D eigenvalue weighted by Crippen LogP contribution is -2.35. The summed E-state index contributed by atoms with van der Waals surface area (Å²) in [5.74, 6) is 0.767. The van der Waals surface area contributed by atoms with Crippen molar-refractivity contribution in [1.82, 2.24) is 4.90 Å². The summed E-state index contributed by atoms with van der Waals surface area (Å²) in [5.41, 5.74) is 0. The first-order valence-electron chi connectivity index (χ1n) is 6.34. The van der Waals surface area contributed by atoms with Crippen LogP contribution in [0.5, 0.6) is 0 Å². The second-order valence-electron chi connectivity index (χ2n) is 4.82. The van der Waals surface area contributed by atoms with Gasteiger partial charge in [-0.25, -0.2) is 0 Å². The Morgan fingerprint density at radius 2 is 2.12 bits per heavy atom. The van der Waals surface area contributed by atoms with E-state index in [-0.39, 0.29) is 11.8 Å². The lowest BCUT2D eigenvalue weighted by molar-refractivity contribution is -0.132. The van der Waals surface area contributed by atoms with E-state index in [9.17, 15) is 4.79 Å². The summed E-state index contributed by atoms with van der Waals surface area (Å²) in [6, 6.07) is 2.18. The summed E-state index contributed by atoms with van der Waals surface area (Å²) in [5, 5.41) is 8.76. The molecule has 1 amide bonds. The zero-order chi connectivity index (χ0) is 12.0. The number of amides is 1. The van der Waals surface area contributed by atoms with Crippen molar-refractivity contribution in [3.05, 3.63) is 0 Å². The Balaban J connectivity index is 2.39. The Labute approximate surface area is 98.4 Å². The first-order valence-corrected chi connectivity index (χ1v) is 6.34. The molecule has 90 valence electrons. The molecule has 0 saturated heterocycles. The molecule has 0 aromatic carbocycles. The van der Waals surface area contributed by atoms with Crippen LogP contribution in [0.3, 0.4) is 0 Å². The number of nitriles is 1. The average molecular weight is 222 g/mol. The molecule has 0 bridgehead atoms. The van der Waals surface area contributed by atoms with Crippen molar-refractivity contribution >= 4 is 5.91 Å². The highest BCUT2D eigenvalue weighted by Crippen LogP contribution is 2.28. The van der Waals surface area contributed by atoms with E-state index in [1.807, 2.05) is 18.7 Å². The Morgan fingerprint density at radius 1 is 1.50 bits per heavy atom. The predicted octanol–water partition coefficient (Wildman–Crippen LogP) is 2.57. The quantitative estimate of drug-likeness (QED) is 0.717. The van der Waals surface area contributed by atoms with Crippen molar-refractivity contribution in [1.29, 1.82) is 5.26 Å². The molecule has 1 saturated carbocycles. The molecule has 3 heteroatoms. The Bertz CT molecular complexity index is 264. The Hall–Kier alpha value is -1.04. The van der Waals surface area contributed by atoms with E-state index in [1.54, 1.807) is 0 Å². The van der Waals surface area contributed by atoms with Gasteiger partial charge in [0.25, 0.3) is 0 Å². The topological polar surface area (TPSA) is 44.1 Å². The molecule has 0 aromatic rings. The van der Waals surface area contributed by atoms with Gasteiger partial charge in [-0.2, -0.15) is 5.26 Å². The molecule has 1 rings (SSSR count). The van der Waals surface area contributed by atoms with Gasteiger partial charge >= 0.3 is 0 Å². The molecule has 1 atom stereocenters. The fourth-order valence-corrected chi connectivity index (χ4v) is 2.37. The van der Waals surface area contributed by atoms with Crippen LogP contribution in [0.4, 0.5) is 0 Å². The molecule has 1 fully saturated rings. The third-order valence-electron chi connectivity index (χ3n) is 3.39. The van der Waals surface area contributed by atoms with E-state index in [4.69, 9.17) is 5.26 Å². The molecule has 16 heavy (non-hydrogen) atoms. The van der Waals surface area contributed by atoms with Gasteiger partial charge in [0, 0.05) is 19.5 Å². The van der Waals surface area contributed by atoms with Gasteiger partial charge in [0.2, 0.25) is 5.91 Å². The summed E-state index contributed by atoms with van der Waals surface area (Å²) < 4.78 is 0. The first kappa shape index (κ1) is 13.0. The van der Waals surface area contributed by atoms with Gasteiger partial charge in [0.05, 0.1) is 12.0 Å². The molecular weight excluding hydrogens is 200 g/mol. The van der Waals surface area contributed by atoms with Crippen molar-refractivity contribution in [2.24, 2.45) is 11.8 Å². The average Bonchev–Trinajstić information content (AvgIpc) is 2.77. The van der Waals surface area contributed by atoms with Gasteiger partial charge < -0.3 is 4.90 Å². The standard InChI is InChI=1S/C13H22N2O/c1-3-15(10-11(2)9-14)13(16)8-12-6-4-5-7-12/h11-12H,3-8,10H2,1-2H3. The van der Waals surface area contributed by atoms with Gasteiger partial charge in [0.15, 0.2) is 0 Å². The molecule has 1 aliphatic carbocycles. The van der Waals surface area contributed by atoms with Gasteiger partial charge in [0.1, 0.15) is 0 Å².